The van der Waals surface area contributed by atoms with E-state index in [-0.39, 0.29) is 5.91 Å². The monoisotopic (exact) mass is 290 g/mol. The van der Waals surface area contributed by atoms with Crippen LogP contribution in [0, 0.1) is 5.92 Å². The van der Waals surface area contributed by atoms with Crippen molar-refractivity contribution >= 4 is 5.91 Å². The molecule has 1 atom stereocenters. The fraction of sp³-hybridized carbons (Fsp3) is 0.750. The highest BCUT2D eigenvalue weighted by Crippen LogP contribution is 2.22. The predicted molar refractivity (Wildman–Crippen MR) is 82.2 cm³/mol. The van der Waals surface area contributed by atoms with E-state index in [0.29, 0.717) is 12.0 Å². The van der Waals surface area contributed by atoms with Crippen molar-refractivity contribution in [2.45, 2.75) is 39.2 Å². The molecule has 3 rings (SSSR count). The minimum absolute atomic E-state index is 0.145. The number of hydrogen-bond donors (Lipinski definition) is 0. The summed E-state index contributed by atoms with van der Waals surface area (Å²) in [6.45, 7) is 8.30. The van der Waals surface area contributed by atoms with Gasteiger partial charge in [0, 0.05) is 32.7 Å². The van der Waals surface area contributed by atoms with E-state index < -0.39 is 0 Å². The summed E-state index contributed by atoms with van der Waals surface area (Å²) >= 11 is 0. The molecule has 0 N–H and O–H groups in total. The molecule has 0 aromatic carbocycles. The number of aromatic nitrogens is 2. The lowest BCUT2D eigenvalue weighted by Gasteiger charge is -2.37. The van der Waals surface area contributed by atoms with Crippen molar-refractivity contribution in [1.82, 2.24) is 19.6 Å². The maximum Gasteiger partial charge on any atom is 0.272 e. The van der Waals surface area contributed by atoms with Crippen LogP contribution < -0.4 is 0 Å². The van der Waals surface area contributed by atoms with Gasteiger partial charge in [0.15, 0.2) is 0 Å². The van der Waals surface area contributed by atoms with Gasteiger partial charge in [-0.3, -0.25) is 14.4 Å². The summed E-state index contributed by atoms with van der Waals surface area (Å²) in [5.41, 5.74) is 1.76. The van der Waals surface area contributed by atoms with Crippen molar-refractivity contribution < 1.29 is 4.79 Å². The topological polar surface area (TPSA) is 41.4 Å². The van der Waals surface area contributed by atoms with Crippen molar-refractivity contribution in [3.05, 3.63) is 17.5 Å². The molecular formula is C16H26N4O. The molecule has 5 heteroatoms. The molecule has 1 amide bonds. The summed E-state index contributed by atoms with van der Waals surface area (Å²) in [6.07, 6.45) is 3.43. The fourth-order valence-corrected chi connectivity index (χ4v) is 3.58. The Hall–Kier alpha value is -1.36. The second-order valence-electron chi connectivity index (χ2n) is 6.83. The van der Waals surface area contributed by atoms with E-state index in [2.05, 4.69) is 23.8 Å². The van der Waals surface area contributed by atoms with Crippen molar-refractivity contribution in [2.75, 3.05) is 26.2 Å². The van der Waals surface area contributed by atoms with E-state index >= 15 is 0 Å². The van der Waals surface area contributed by atoms with Crippen molar-refractivity contribution in [1.29, 1.82) is 0 Å². The summed E-state index contributed by atoms with van der Waals surface area (Å²) in [5.74, 6) is 0.705. The van der Waals surface area contributed by atoms with Gasteiger partial charge >= 0.3 is 0 Å². The van der Waals surface area contributed by atoms with Gasteiger partial charge in [0.1, 0.15) is 5.69 Å². The van der Waals surface area contributed by atoms with E-state index in [1.807, 2.05) is 18.0 Å². The van der Waals surface area contributed by atoms with Gasteiger partial charge in [0.05, 0.1) is 5.69 Å². The smallest absolute Gasteiger partial charge is 0.272 e. The molecule has 0 saturated carbocycles. The molecule has 2 saturated heterocycles. The second-order valence-corrected chi connectivity index (χ2v) is 6.83. The number of amides is 1. The van der Waals surface area contributed by atoms with E-state index in [1.54, 1.807) is 4.68 Å². The lowest BCUT2D eigenvalue weighted by atomic mass is 10.1. The Morgan fingerprint density at radius 1 is 1.38 bits per heavy atom. The Morgan fingerprint density at radius 3 is 2.95 bits per heavy atom. The first-order valence-corrected chi connectivity index (χ1v) is 8.11. The number of carbonyl (C=O) groups is 1. The summed E-state index contributed by atoms with van der Waals surface area (Å²) < 4.78 is 1.75. The number of fused-ring (bicyclic) bond motifs is 1. The zero-order valence-electron chi connectivity index (χ0n) is 13.4. The number of carbonyl (C=O) groups excluding carboxylic acids is 1. The van der Waals surface area contributed by atoms with Gasteiger partial charge in [-0.1, -0.05) is 13.8 Å². The molecule has 5 nitrogen and oxygen atoms in total. The average Bonchev–Trinajstić information content (AvgIpc) is 3.02. The normalized spacial score (nSPS) is 22.9. The highest BCUT2D eigenvalue weighted by molar-refractivity contribution is 5.92. The van der Waals surface area contributed by atoms with Crippen molar-refractivity contribution in [2.24, 2.45) is 13.0 Å². The van der Waals surface area contributed by atoms with Crippen LogP contribution in [-0.2, 0) is 13.5 Å². The Labute approximate surface area is 126 Å². The third-order valence-corrected chi connectivity index (χ3v) is 4.64. The van der Waals surface area contributed by atoms with Gasteiger partial charge in [-0.05, 0) is 37.8 Å². The van der Waals surface area contributed by atoms with E-state index in [1.165, 1.54) is 19.4 Å². The summed E-state index contributed by atoms with van der Waals surface area (Å²) in [7, 11) is 1.88. The van der Waals surface area contributed by atoms with Crippen LogP contribution in [0.4, 0.5) is 0 Å². The first-order valence-electron chi connectivity index (χ1n) is 8.11. The SMILES string of the molecule is CC(C)Cc1cc(C(=O)N2CCN3CCC[C@H]3C2)n(C)n1. The highest BCUT2D eigenvalue weighted by Gasteiger charge is 2.33. The molecule has 2 aliphatic rings. The third kappa shape index (κ3) is 2.98. The molecule has 0 unspecified atom stereocenters. The molecule has 1 aromatic heterocycles. The van der Waals surface area contributed by atoms with Gasteiger partial charge in [-0.25, -0.2) is 0 Å². The maximum atomic E-state index is 12.8. The summed E-state index contributed by atoms with van der Waals surface area (Å²) in [6, 6.07) is 2.55. The summed E-state index contributed by atoms with van der Waals surface area (Å²) in [4.78, 5) is 17.3. The van der Waals surface area contributed by atoms with Crippen LogP contribution in [0.3, 0.4) is 0 Å². The standard InChI is InChI=1S/C16H26N4O/c1-12(2)9-13-10-15(18(3)17-13)16(21)20-8-7-19-6-4-5-14(19)11-20/h10,12,14H,4-9,11H2,1-3H3/t14-/m0/s1. The van der Waals surface area contributed by atoms with E-state index in [4.69, 9.17) is 0 Å². The first-order chi connectivity index (χ1) is 10.0. The Balaban J connectivity index is 1.71. The van der Waals surface area contributed by atoms with Gasteiger partial charge in [-0.15, -0.1) is 0 Å². The van der Waals surface area contributed by atoms with Crippen LogP contribution >= 0.6 is 0 Å². The molecular weight excluding hydrogens is 264 g/mol. The molecule has 0 radical (unpaired) electrons. The molecule has 2 aliphatic heterocycles. The predicted octanol–water partition coefficient (Wildman–Crippen LogP) is 1.54. The molecule has 1 aromatic rings. The van der Waals surface area contributed by atoms with Crippen LogP contribution in [0.25, 0.3) is 0 Å². The van der Waals surface area contributed by atoms with Crippen LogP contribution in [0.1, 0.15) is 42.9 Å². The largest absolute Gasteiger partial charge is 0.334 e. The molecule has 2 fully saturated rings. The van der Waals surface area contributed by atoms with E-state index in [0.717, 1.165) is 37.4 Å². The van der Waals surface area contributed by atoms with Gasteiger partial charge in [-0.2, -0.15) is 5.10 Å². The maximum absolute atomic E-state index is 12.8. The number of nitrogens with zero attached hydrogens (tertiary/aromatic N) is 4. The van der Waals surface area contributed by atoms with Crippen LogP contribution in [0.5, 0.6) is 0 Å². The fourth-order valence-electron chi connectivity index (χ4n) is 3.58. The lowest BCUT2D eigenvalue weighted by Crippen LogP contribution is -2.52. The second kappa shape index (κ2) is 5.79. The van der Waals surface area contributed by atoms with Gasteiger partial charge in [0.25, 0.3) is 5.91 Å². The Morgan fingerprint density at radius 2 is 2.19 bits per heavy atom. The van der Waals surface area contributed by atoms with Crippen LogP contribution in [-0.4, -0.2) is 57.7 Å². The van der Waals surface area contributed by atoms with E-state index in [9.17, 15) is 4.79 Å². The quantitative estimate of drug-likeness (QED) is 0.848. The highest BCUT2D eigenvalue weighted by atomic mass is 16.2. The molecule has 0 spiro atoms. The minimum atomic E-state index is 0.145. The van der Waals surface area contributed by atoms with Crippen molar-refractivity contribution in [3.8, 4) is 0 Å². The number of rotatable bonds is 3. The third-order valence-electron chi connectivity index (χ3n) is 4.64. The number of hydrogen-bond acceptors (Lipinski definition) is 3. The minimum Gasteiger partial charge on any atom is -0.334 e. The van der Waals surface area contributed by atoms with Crippen LogP contribution in [0.2, 0.25) is 0 Å². The van der Waals surface area contributed by atoms with Gasteiger partial charge in [0.2, 0.25) is 0 Å². The molecule has 3 heterocycles. The van der Waals surface area contributed by atoms with Crippen molar-refractivity contribution in [3.63, 3.8) is 0 Å². The average molecular weight is 290 g/mol. The zero-order valence-corrected chi connectivity index (χ0v) is 13.4. The Kier molecular flexibility index (Phi) is 4.02. The Bertz CT molecular complexity index is 522. The number of aryl methyl sites for hydroxylation is 1. The zero-order chi connectivity index (χ0) is 15.0. The molecule has 21 heavy (non-hydrogen) atoms. The first kappa shape index (κ1) is 14.6. The molecule has 0 aliphatic carbocycles. The lowest BCUT2D eigenvalue weighted by molar-refractivity contribution is 0.0561. The van der Waals surface area contributed by atoms with Gasteiger partial charge < -0.3 is 4.90 Å². The molecule has 0 bridgehead atoms. The van der Waals surface area contributed by atoms with Crippen LogP contribution in [0.15, 0.2) is 6.07 Å². The molecule has 116 valence electrons. The summed E-state index contributed by atoms with van der Waals surface area (Å²) in [5, 5.41) is 4.49. The number of piperazine rings is 1.